The van der Waals surface area contributed by atoms with Gasteiger partial charge in [-0.1, -0.05) is 0 Å². The number of hydrogen-bond acceptors (Lipinski definition) is 5. The van der Waals surface area contributed by atoms with E-state index < -0.39 is 0 Å². The molecule has 2 heterocycles. The Balaban J connectivity index is 2.14. The molecule has 1 aromatic heterocycles. The summed E-state index contributed by atoms with van der Waals surface area (Å²) in [5.74, 6) is -0.143. The Bertz CT molecular complexity index is 411. The van der Waals surface area contributed by atoms with E-state index in [1.54, 1.807) is 7.05 Å². The molecule has 0 saturated carbocycles. The molecule has 0 aromatic carbocycles. The van der Waals surface area contributed by atoms with Crippen molar-refractivity contribution >= 4 is 27.9 Å². The van der Waals surface area contributed by atoms with Gasteiger partial charge in [-0.15, -0.1) is 11.3 Å². The van der Waals surface area contributed by atoms with Crippen LogP contribution in [-0.2, 0) is 0 Å². The quantitative estimate of drug-likeness (QED) is 0.725. The maximum Gasteiger partial charge on any atom is 0.263 e. The summed E-state index contributed by atoms with van der Waals surface area (Å²) in [5.41, 5.74) is 6.35. The van der Waals surface area contributed by atoms with E-state index in [-0.39, 0.29) is 12.0 Å². The lowest BCUT2D eigenvalue weighted by Crippen LogP contribution is -2.35. The molecule has 0 unspecified atom stereocenters. The number of hydrogen-bond donors (Lipinski definition) is 3. The summed E-state index contributed by atoms with van der Waals surface area (Å²) in [6, 6.07) is 1.84. The minimum Gasteiger partial charge on any atom is -0.397 e. The van der Waals surface area contributed by atoms with E-state index in [4.69, 9.17) is 5.73 Å². The zero-order valence-corrected chi connectivity index (χ0v) is 10.6. The van der Waals surface area contributed by atoms with Gasteiger partial charge in [0.1, 0.15) is 4.88 Å². The largest absolute Gasteiger partial charge is 0.397 e. The van der Waals surface area contributed by atoms with E-state index in [2.05, 4.69) is 10.2 Å². The van der Waals surface area contributed by atoms with Crippen molar-refractivity contribution in [1.29, 1.82) is 0 Å². The van der Waals surface area contributed by atoms with Crippen LogP contribution >= 0.6 is 11.3 Å². The van der Waals surface area contributed by atoms with Crippen LogP contribution in [0.25, 0.3) is 0 Å². The first kappa shape index (κ1) is 12.2. The molecule has 1 aromatic rings. The number of nitrogens with two attached hydrogens (primary N) is 1. The molecule has 0 atom stereocenters. The van der Waals surface area contributed by atoms with Crippen molar-refractivity contribution < 1.29 is 9.90 Å². The molecule has 6 heteroatoms. The second kappa shape index (κ2) is 4.93. The molecule has 0 radical (unpaired) electrons. The maximum atomic E-state index is 11.5. The molecule has 2 rings (SSSR count). The van der Waals surface area contributed by atoms with Crippen LogP contribution in [0.3, 0.4) is 0 Å². The summed E-state index contributed by atoms with van der Waals surface area (Å²) < 4.78 is 0. The van der Waals surface area contributed by atoms with Gasteiger partial charge in [0.25, 0.3) is 5.91 Å². The van der Waals surface area contributed by atoms with Gasteiger partial charge in [-0.2, -0.15) is 0 Å². The van der Waals surface area contributed by atoms with Crippen LogP contribution in [0.4, 0.5) is 10.7 Å². The lowest BCUT2D eigenvalue weighted by Gasteiger charge is -2.30. The summed E-state index contributed by atoms with van der Waals surface area (Å²) in [4.78, 5) is 14.3. The number of nitrogens with one attached hydrogen (secondary N) is 1. The number of rotatable bonds is 2. The van der Waals surface area contributed by atoms with Crippen molar-refractivity contribution in [1.82, 2.24) is 5.32 Å². The molecule has 0 aliphatic carbocycles. The number of amides is 1. The van der Waals surface area contributed by atoms with Gasteiger partial charge < -0.3 is 21.1 Å². The van der Waals surface area contributed by atoms with E-state index in [1.165, 1.54) is 11.3 Å². The molecule has 1 fully saturated rings. The number of nitrogen functional groups attached to an aromatic ring is 1. The average molecular weight is 255 g/mol. The number of piperidine rings is 1. The topological polar surface area (TPSA) is 78.6 Å². The SMILES string of the molecule is CNC(=O)c1sc(N2CCC(O)CC2)cc1N. The minimum atomic E-state index is -0.193. The van der Waals surface area contributed by atoms with Crippen molar-refractivity contribution in [2.75, 3.05) is 30.8 Å². The summed E-state index contributed by atoms with van der Waals surface area (Å²) in [7, 11) is 1.60. The van der Waals surface area contributed by atoms with Gasteiger partial charge >= 0.3 is 0 Å². The smallest absolute Gasteiger partial charge is 0.263 e. The van der Waals surface area contributed by atoms with Crippen molar-refractivity contribution in [3.63, 3.8) is 0 Å². The third-order valence-corrected chi connectivity index (χ3v) is 4.17. The normalized spacial score (nSPS) is 17.2. The maximum absolute atomic E-state index is 11.5. The van der Waals surface area contributed by atoms with Crippen LogP contribution in [0.1, 0.15) is 22.5 Å². The zero-order valence-electron chi connectivity index (χ0n) is 9.77. The van der Waals surface area contributed by atoms with Gasteiger partial charge in [-0.25, -0.2) is 0 Å². The fourth-order valence-electron chi connectivity index (χ4n) is 1.92. The summed E-state index contributed by atoms with van der Waals surface area (Å²) in [5, 5.41) is 13.0. The Hall–Kier alpha value is -1.27. The monoisotopic (exact) mass is 255 g/mol. The summed E-state index contributed by atoms with van der Waals surface area (Å²) in [6.45, 7) is 1.63. The van der Waals surface area contributed by atoms with Crippen LogP contribution in [-0.4, -0.2) is 37.3 Å². The molecular weight excluding hydrogens is 238 g/mol. The standard InChI is InChI=1S/C11H17N3O2S/c1-13-11(16)10-8(12)6-9(17-10)14-4-2-7(15)3-5-14/h6-7,15H,2-5,12H2,1H3,(H,13,16). The molecule has 5 nitrogen and oxygen atoms in total. The Morgan fingerprint density at radius 3 is 2.82 bits per heavy atom. The van der Waals surface area contributed by atoms with E-state index >= 15 is 0 Å². The van der Waals surface area contributed by atoms with Crippen LogP contribution in [0.2, 0.25) is 0 Å². The molecule has 1 saturated heterocycles. The third kappa shape index (κ3) is 2.53. The van der Waals surface area contributed by atoms with Gasteiger partial charge in [-0.05, 0) is 18.9 Å². The Morgan fingerprint density at radius 1 is 1.59 bits per heavy atom. The van der Waals surface area contributed by atoms with E-state index in [0.717, 1.165) is 30.9 Å². The van der Waals surface area contributed by atoms with E-state index in [9.17, 15) is 9.90 Å². The molecule has 94 valence electrons. The molecule has 1 aliphatic rings. The fourth-order valence-corrected chi connectivity index (χ4v) is 3.00. The first-order valence-electron chi connectivity index (χ1n) is 5.66. The highest BCUT2D eigenvalue weighted by molar-refractivity contribution is 7.18. The first-order chi connectivity index (χ1) is 8.11. The number of thiophene rings is 1. The van der Waals surface area contributed by atoms with Crippen LogP contribution < -0.4 is 16.0 Å². The highest BCUT2D eigenvalue weighted by Crippen LogP contribution is 2.33. The Morgan fingerprint density at radius 2 is 2.24 bits per heavy atom. The Kier molecular flexibility index (Phi) is 3.54. The highest BCUT2D eigenvalue weighted by Gasteiger charge is 2.21. The van der Waals surface area contributed by atoms with Crippen LogP contribution in [0, 0.1) is 0 Å². The minimum absolute atomic E-state index is 0.143. The Labute approximate surface area is 104 Å². The third-order valence-electron chi connectivity index (χ3n) is 2.96. The molecule has 0 spiro atoms. The molecule has 1 aliphatic heterocycles. The number of aliphatic hydroxyl groups is 1. The second-order valence-electron chi connectivity index (χ2n) is 4.17. The molecule has 1 amide bonds. The van der Waals surface area contributed by atoms with Gasteiger partial charge in [-0.3, -0.25) is 4.79 Å². The summed E-state index contributed by atoms with van der Waals surface area (Å²) in [6.07, 6.45) is 1.35. The van der Waals surface area contributed by atoms with Crippen molar-refractivity contribution in [2.24, 2.45) is 0 Å². The summed E-state index contributed by atoms with van der Waals surface area (Å²) >= 11 is 1.41. The average Bonchev–Trinajstić information content (AvgIpc) is 2.71. The highest BCUT2D eigenvalue weighted by atomic mass is 32.1. The van der Waals surface area contributed by atoms with Crippen molar-refractivity contribution in [2.45, 2.75) is 18.9 Å². The lowest BCUT2D eigenvalue weighted by molar-refractivity contribution is 0.0968. The predicted octanol–water partition coefficient (Wildman–Crippen LogP) is 0.651. The lowest BCUT2D eigenvalue weighted by atomic mass is 10.1. The molecule has 0 bridgehead atoms. The fraction of sp³-hybridized carbons (Fsp3) is 0.545. The zero-order chi connectivity index (χ0) is 12.4. The van der Waals surface area contributed by atoms with Gasteiger partial charge in [0.2, 0.25) is 0 Å². The van der Waals surface area contributed by atoms with E-state index in [0.29, 0.717) is 10.6 Å². The number of carbonyl (C=O) groups is 1. The second-order valence-corrected chi connectivity index (χ2v) is 5.20. The predicted molar refractivity (Wildman–Crippen MR) is 69.6 cm³/mol. The number of carbonyl (C=O) groups excluding carboxylic acids is 1. The molecule has 4 N–H and O–H groups in total. The van der Waals surface area contributed by atoms with Gasteiger partial charge in [0, 0.05) is 20.1 Å². The number of nitrogens with zero attached hydrogens (tertiary/aromatic N) is 1. The number of anilines is 2. The van der Waals surface area contributed by atoms with Gasteiger partial charge in [0.15, 0.2) is 0 Å². The molecule has 17 heavy (non-hydrogen) atoms. The van der Waals surface area contributed by atoms with Crippen LogP contribution in [0.5, 0.6) is 0 Å². The van der Waals surface area contributed by atoms with Crippen molar-refractivity contribution in [3.8, 4) is 0 Å². The van der Waals surface area contributed by atoms with Crippen molar-refractivity contribution in [3.05, 3.63) is 10.9 Å². The first-order valence-corrected chi connectivity index (χ1v) is 6.48. The van der Waals surface area contributed by atoms with Gasteiger partial charge in [0.05, 0.1) is 16.8 Å². The molecular formula is C11H17N3O2S. The van der Waals surface area contributed by atoms with Crippen LogP contribution in [0.15, 0.2) is 6.07 Å². The number of aliphatic hydroxyl groups excluding tert-OH is 1. The van der Waals surface area contributed by atoms with E-state index in [1.807, 2.05) is 6.07 Å².